The van der Waals surface area contributed by atoms with E-state index in [0.717, 1.165) is 5.82 Å². The van der Waals surface area contributed by atoms with Crippen LogP contribution in [-0.4, -0.2) is 30.2 Å². The van der Waals surface area contributed by atoms with Gasteiger partial charge in [-0.25, -0.2) is 9.97 Å². The zero-order valence-electron chi connectivity index (χ0n) is 7.05. The Hall–Kier alpha value is -0.200. The number of methoxy groups -OCH3 is 1. The van der Waals surface area contributed by atoms with Crippen molar-refractivity contribution in [2.45, 2.75) is 0 Å². The highest BCUT2D eigenvalue weighted by Crippen LogP contribution is 2.18. The molecule has 0 amide bonds. The van der Waals surface area contributed by atoms with E-state index in [-0.39, 0.29) is 0 Å². The maximum atomic E-state index is 4.89. The fraction of sp³-hybridized carbons (Fsp3) is 0.429. The van der Waals surface area contributed by atoms with Crippen LogP contribution < -0.4 is 5.32 Å². The predicted molar refractivity (Wildman–Crippen MR) is 57.8 cm³/mol. The van der Waals surface area contributed by atoms with Gasteiger partial charge in [0.15, 0.2) is 5.82 Å². The Morgan fingerprint density at radius 2 is 2.31 bits per heavy atom. The lowest BCUT2D eigenvalue weighted by Gasteiger charge is -2.05. The maximum Gasteiger partial charge on any atom is 0.159 e. The zero-order chi connectivity index (χ0) is 9.68. The Morgan fingerprint density at radius 1 is 1.54 bits per heavy atom. The van der Waals surface area contributed by atoms with Gasteiger partial charge in [-0.3, -0.25) is 0 Å². The van der Waals surface area contributed by atoms with E-state index in [1.165, 1.54) is 0 Å². The molecule has 0 aromatic carbocycles. The van der Waals surface area contributed by atoms with Crippen molar-refractivity contribution in [3.8, 4) is 0 Å². The minimum Gasteiger partial charge on any atom is -0.383 e. The lowest BCUT2D eigenvalue weighted by molar-refractivity contribution is 0.210. The smallest absolute Gasteiger partial charge is 0.159 e. The second kappa shape index (κ2) is 5.51. The SMILES string of the molecule is COCCNc1ncc(Br)nc1Br. The van der Waals surface area contributed by atoms with Crippen LogP contribution in [0.2, 0.25) is 0 Å². The number of nitrogens with one attached hydrogen (secondary N) is 1. The minimum absolute atomic E-state index is 0.643. The summed E-state index contributed by atoms with van der Waals surface area (Å²) in [5.74, 6) is 0.722. The molecule has 13 heavy (non-hydrogen) atoms. The number of anilines is 1. The van der Waals surface area contributed by atoms with E-state index < -0.39 is 0 Å². The van der Waals surface area contributed by atoms with Crippen LogP contribution in [0.5, 0.6) is 0 Å². The first-order chi connectivity index (χ1) is 6.24. The summed E-state index contributed by atoms with van der Waals surface area (Å²) in [5, 5.41) is 3.07. The summed E-state index contributed by atoms with van der Waals surface area (Å²) in [6, 6.07) is 0. The van der Waals surface area contributed by atoms with Gasteiger partial charge in [-0.2, -0.15) is 0 Å². The second-order valence-corrected chi connectivity index (χ2v) is 3.82. The van der Waals surface area contributed by atoms with E-state index in [4.69, 9.17) is 4.74 Å². The summed E-state index contributed by atoms with van der Waals surface area (Å²) >= 11 is 6.51. The second-order valence-electron chi connectivity index (χ2n) is 2.25. The van der Waals surface area contributed by atoms with Crippen molar-refractivity contribution < 1.29 is 4.74 Å². The molecule has 1 heterocycles. The largest absolute Gasteiger partial charge is 0.383 e. The van der Waals surface area contributed by atoms with Crippen LogP contribution in [0.25, 0.3) is 0 Å². The molecule has 6 heteroatoms. The van der Waals surface area contributed by atoms with Gasteiger partial charge in [0, 0.05) is 13.7 Å². The molecule has 0 saturated carbocycles. The van der Waals surface area contributed by atoms with Gasteiger partial charge in [0.2, 0.25) is 0 Å². The fourth-order valence-electron chi connectivity index (χ4n) is 0.737. The van der Waals surface area contributed by atoms with Crippen LogP contribution >= 0.6 is 31.9 Å². The minimum atomic E-state index is 0.643. The van der Waals surface area contributed by atoms with Gasteiger partial charge >= 0.3 is 0 Å². The molecule has 0 radical (unpaired) electrons. The zero-order valence-corrected chi connectivity index (χ0v) is 10.2. The highest BCUT2D eigenvalue weighted by atomic mass is 79.9. The van der Waals surface area contributed by atoms with Gasteiger partial charge in [-0.15, -0.1) is 0 Å². The van der Waals surface area contributed by atoms with E-state index in [0.29, 0.717) is 22.4 Å². The lowest BCUT2D eigenvalue weighted by atomic mass is 10.6. The van der Waals surface area contributed by atoms with Crippen molar-refractivity contribution in [1.29, 1.82) is 0 Å². The summed E-state index contributed by atoms with van der Waals surface area (Å²) in [6.45, 7) is 1.36. The molecular weight excluding hydrogens is 302 g/mol. The van der Waals surface area contributed by atoms with E-state index >= 15 is 0 Å². The average Bonchev–Trinajstić information content (AvgIpc) is 2.09. The molecule has 0 fully saturated rings. The average molecular weight is 311 g/mol. The van der Waals surface area contributed by atoms with Crippen LogP contribution in [0.1, 0.15) is 0 Å². The molecule has 1 aromatic rings. The number of ether oxygens (including phenoxy) is 1. The number of hydrogen-bond acceptors (Lipinski definition) is 4. The molecular formula is C7H9Br2N3O. The Bertz CT molecular complexity index is 282. The first kappa shape index (κ1) is 10.9. The van der Waals surface area contributed by atoms with Crippen LogP contribution in [-0.2, 0) is 4.74 Å². The number of halogens is 2. The summed E-state index contributed by atoms with van der Waals surface area (Å²) < 4.78 is 6.29. The molecule has 0 aliphatic carbocycles. The molecule has 1 N–H and O–H groups in total. The van der Waals surface area contributed by atoms with Crippen molar-refractivity contribution >= 4 is 37.7 Å². The van der Waals surface area contributed by atoms with Crippen LogP contribution in [0, 0.1) is 0 Å². The molecule has 1 aromatic heterocycles. The Balaban J connectivity index is 2.56. The van der Waals surface area contributed by atoms with Gasteiger partial charge in [0.05, 0.1) is 12.8 Å². The maximum absolute atomic E-state index is 4.89. The summed E-state index contributed by atoms with van der Waals surface area (Å²) in [7, 11) is 1.66. The number of rotatable bonds is 4. The van der Waals surface area contributed by atoms with Crippen LogP contribution in [0.3, 0.4) is 0 Å². The normalized spacial score (nSPS) is 10.1. The van der Waals surface area contributed by atoms with Gasteiger partial charge < -0.3 is 10.1 Å². The first-order valence-corrected chi connectivity index (χ1v) is 5.23. The van der Waals surface area contributed by atoms with Crippen LogP contribution in [0.4, 0.5) is 5.82 Å². The van der Waals surface area contributed by atoms with Crippen molar-refractivity contribution in [3.63, 3.8) is 0 Å². The number of nitrogens with zero attached hydrogens (tertiary/aromatic N) is 2. The molecule has 1 rings (SSSR count). The molecule has 0 bridgehead atoms. The quantitative estimate of drug-likeness (QED) is 0.865. The third kappa shape index (κ3) is 3.58. The third-order valence-corrected chi connectivity index (χ3v) is 2.23. The first-order valence-electron chi connectivity index (χ1n) is 3.65. The molecule has 0 spiro atoms. The van der Waals surface area contributed by atoms with Crippen LogP contribution in [0.15, 0.2) is 15.4 Å². The highest BCUT2D eigenvalue weighted by molar-refractivity contribution is 9.11. The highest BCUT2D eigenvalue weighted by Gasteiger charge is 2.01. The summed E-state index contributed by atoms with van der Waals surface area (Å²) in [6.07, 6.45) is 1.64. The van der Waals surface area contributed by atoms with Crippen molar-refractivity contribution in [1.82, 2.24) is 9.97 Å². The molecule has 0 unspecified atom stereocenters. The Morgan fingerprint density at radius 3 is 2.92 bits per heavy atom. The molecule has 0 saturated heterocycles. The third-order valence-electron chi connectivity index (χ3n) is 1.30. The molecule has 0 aliphatic heterocycles. The molecule has 0 aliphatic rings. The molecule has 0 atom stereocenters. The predicted octanol–water partition coefficient (Wildman–Crippen LogP) is 2.06. The topological polar surface area (TPSA) is 47.0 Å². The Labute approximate surface area is 93.4 Å². The number of aromatic nitrogens is 2. The van der Waals surface area contributed by atoms with Crippen molar-refractivity contribution in [3.05, 3.63) is 15.4 Å². The molecule has 4 nitrogen and oxygen atoms in total. The fourth-order valence-corrected chi connectivity index (χ4v) is 1.69. The summed E-state index contributed by atoms with van der Waals surface area (Å²) in [4.78, 5) is 8.25. The van der Waals surface area contributed by atoms with E-state index in [9.17, 15) is 0 Å². The number of hydrogen-bond donors (Lipinski definition) is 1. The van der Waals surface area contributed by atoms with Gasteiger partial charge in [0.1, 0.15) is 9.21 Å². The van der Waals surface area contributed by atoms with Gasteiger partial charge in [0.25, 0.3) is 0 Å². The van der Waals surface area contributed by atoms with Gasteiger partial charge in [-0.05, 0) is 31.9 Å². The summed E-state index contributed by atoms with van der Waals surface area (Å²) in [5.41, 5.74) is 0. The van der Waals surface area contributed by atoms with Gasteiger partial charge in [-0.1, -0.05) is 0 Å². The van der Waals surface area contributed by atoms with Crippen molar-refractivity contribution in [2.24, 2.45) is 0 Å². The molecule has 72 valence electrons. The monoisotopic (exact) mass is 309 g/mol. The lowest BCUT2D eigenvalue weighted by Crippen LogP contribution is -2.09. The van der Waals surface area contributed by atoms with E-state index in [1.807, 2.05) is 0 Å². The standard InChI is InChI=1S/C7H9Br2N3O/c1-13-3-2-10-7-6(9)12-5(8)4-11-7/h4H,2-3H2,1H3,(H,10,11). The van der Waals surface area contributed by atoms with Crippen molar-refractivity contribution in [2.75, 3.05) is 25.6 Å². The Kier molecular flexibility index (Phi) is 4.61. The van der Waals surface area contributed by atoms with E-state index in [2.05, 4.69) is 47.1 Å². The van der Waals surface area contributed by atoms with E-state index in [1.54, 1.807) is 13.3 Å².